The van der Waals surface area contributed by atoms with Gasteiger partial charge in [0, 0.05) is 24.4 Å². The Bertz CT molecular complexity index is 807. The smallest absolute Gasteiger partial charge is 0.231 e. The van der Waals surface area contributed by atoms with Crippen LogP contribution in [0.4, 0.5) is 0 Å². The fourth-order valence-corrected chi connectivity index (χ4v) is 3.74. The Labute approximate surface area is 146 Å². The number of rotatable bonds is 4. The van der Waals surface area contributed by atoms with Gasteiger partial charge in [-0.25, -0.2) is 0 Å². The molecule has 1 unspecified atom stereocenters. The second-order valence-electron chi connectivity index (χ2n) is 6.48. The van der Waals surface area contributed by atoms with E-state index in [1.54, 1.807) is 31.6 Å². The van der Waals surface area contributed by atoms with Crippen molar-refractivity contribution in [3.05, 3.63) is 47.3 Å². The van der Waals surface area contributed by atoms with E-state index < -0.39 is 0 Å². The molecule has 0 amide bonds. The van der Waals surface area contributed by atoms with Gasteiger partial charge in [0.15, 0.2) is 17.3 Å². The van der Waals surface area contributed by atoms with Gasteiger partial charge in [0.1, 0.15) is 6.04 Å². The van der Waals surface area contributed by atoms with Gasteiger partial charge < -0.3 is 19.1 Å². The lowest BCUT2D eigenvalue weighted by Crippen LogP contribution is -3.10. The number of aromatic nitrogens is 1. The van der Waals surface area contributed by atoms with Crippen molar-refractivity contribution in [3.63, 3.8) is 0 Å². The molecule has 6 nitrogen and oxygen atoms in total. The van der Waals surface area contributed by atoms with Gasteiger partial charge in [-0.15, -0.1) is 0 Å². The van der Waals surface area contributed by atoms with Crippen LogP contribution in [0.5, 0.6) is 17.2 Å². The number of hydrogen-bond acceptors (Lipinski definition) is 5. The number of benzene rings is 1. The molecule has 2 aromatic rings. The molecule has 0 spiro atoms. The van der Waals surface area contributed by atoms with E-state index in [1.807, 2.05) is 6.07 Å². The van der Waals surface area contributed by atoms with Crippen LogP contribution in [0.3, 0.4) is 0 Å². The second kappa shape index (κ2) is 6.37. The van der Waals surface area contributed by atoms with Crippen molar-refractivity contribution in [3.8, 4) is 17.2 Å². The summed E-state index contributed by atoms with van der Waals surface area (Å²) < 4.78 is 16.8. The first-order valence-corrected chi connectivity index (χ1v) is 8.44. The zero-order chi connectivity index (χ0) is 17.4. The van der Waals surface area contributed by atoms with E-state index >= 15 is 0 Å². The molecule has 1 aromatic carbocycles. The van der Waals surface area contributed by atoms with Gasteiger partial charge in [0.25, 0.3) is 0 Å². The van der Waals surface area contributed by atoms with Gasteiger partial charge in [0.05, 0.1) is 32.7 Å². The van der Waals surface area contributed by atoms with Crippen LogP contribution in [0.2, 0.25) is 0 Å². The number of carbonyl (C=O) groups excluding carboxylic acids is 1. The molecule has 0 aliphatic carbocycles. The highest BCUT2D eigenvalue weighted by atomic mass is 16.7. The maximum absolute atomic E-state index is 12.8. The van der Waals surface area contributed by atoms with Crippen LogP contribution < -0.4 is 19.1 Å². The highest BCUT2D eigenvalue weighted by Gasteiger charge is 2.37. The first-order chi connectivity index (χ1) is 12.2. The lowest BCUT2D eigenvalue weighted by atomic mass is 9.87. The van der Waals surface area contributed by atoms with Crippen LogP contribution in [0.1, 0.15) is 33.9 Å². The van der Waals surface area contributed by atoms with Crippen molar-refractivity contribution in [2.45, 2.75) is 18.9 Å². The molecule has 6 heteroatoms. The molecule has 0 radical (unpaired) electrons. The molecule has 2 aliphatic rings. The Morgan fingerprint density at radius 3 is 2.92 bits per heavy atom. The summed E-state index contributed by atoms with van der Waals surface area (Å²) in [5, 5.41) is 0. The van der Waals surface area contributed by atoms with Gasteiger partial charge in [-0.2, -0.15) is 0 Å². The molecule has 0 saturated carbocycles. The molecule has 1 N–H and O–H groups in total. The maximum Gasteiger partial charge on any atom is 0.231 e. The lowest BCUT2D eigenvalue weighted by Gasteiger charge is -2.32. The van der Waals surface area contributed by atoms with E-state index in [2.05, 4.69) is 12.0 Å². The Hall–Kier alpha value is -2.60. The van der Waals surface area contributed by atoms with E-state index in [0.717, 1.165) is 24.3 Å². The van der Waals surface area contributed by atoms with Gasteiger partial charge in [0.2, 0.25) is 12.5 Å². The third-order valence-corrected chi connectivity index (χ3v) is 5.07. The molecule has 2 atom stereocenters. The molecule has 130 valence electrons. The molecule has 3 heterocycles. The first-order valence-electron chi connectivity index (χ1n) is 8.44. The number of nitrogens with zero attached hydrogens (tertiary/aromatic N) is 1. The Balaban J connectivity index is 1.74. The normalized spacial score (nSPS) is 20.9. The van der Waals surface area contributed by atoms with Gasteiger partial charge >= 0.3 is 0 Å². The number of likely N-dealkylation sites (N-methyl/N-ethyl adjacent to an activating group) is 1. The molecule has 25 heavy (non-hydrogen) atoms. The summed E-state index contributed by atoms with van der Waals surface area (Å²) in [7, 11) is 3.76. The summed E-state index contributed by atoms with van der Waals surface area (Å²) in [6, 6.07) is 5.58. The predicted octanol–water partition coefficient (Wildman–Crippen LogP) is 1.20. The zero-order valence-electron chi connectivity index (χ0n) is 14.4. The molecular formula is C19H21N2O4+. The highest BCUT2D eigenvalue weighted by Crippen LogP contribution is 2.47. The quantitative estimate of drug-likeness (QED) is 0.847. The first kappa shape index (κ1) is 15.9. The number of methoxy groups -OCH3 is 1. The summed E-state index contributed by atoms with van der Waals surface area (Å²) >= 11 is 0. The van der Waals surface area contributed by atoms with Gasteiger partial charge in [-0.05, 0) is 23.8 Å². The van der Waals surface area contributed by atoms with E-state index in [0.29, 0.717) is 23.5 Å². The standard InChI is InChI=1S/C19H20N2O4/c1-21-8-5-13-9-16-18(25-11-24-16)19(23-2)17(13)14(21)10-15(22)12-3-6-20-7-4-12/h3-4,6-7,9,14H,5,8,10-11H2,1-2H3/p+1/t14-/m1/s1. The maximum atomic E-state index is 12.8. The molecule has 4 rings (SSSR count). The van der Waals surface area contributed by atoms with Crippen molar-refractivity contribution < 1.29 is 23.9 Å². The van der Waals surface area contributed by atoms with E-state index in [-0.39, 0.29) is 18.6 Å². The SMILES string of the molecule is COc1c2c(cc3c1[C@@H](CC(=O)c1ccncc1)[NH+](C)CC3)OCO2. The third kappa shape index (κ3) is 2.72. The van der Waals surface area contributed by atoms with Crippen LogP contribution in [-0.4, -0.2) is 38.3 Å². The zero-order valence-corrected chi connectivity index (χ0v) is 14.4. The number of fused-ring (bicyclic) bond motifs is 2. The molecule has 2 aliphatic heterocycles. The van der Waals surface area contributed by atoms with E-state index in [4.69, 9.17) is 14.2 Å². The van der Waals surface area contributed by atoms with Crippen molar-refractivity contribution in [1.29, 1.82) is 0 Å². The number of ketones is 1. The second-order valence-corrected chi connectivity index (χ2v) is 6.48. The van der Waals surface area contributed by atoms with Crippen LogP contribution >= 0.6 is 0 Å². The number of ether oxygens (including phenoxy) is 3. The van der Waals surface area contributed by atoms with E-state index in [9.17, 15) is 4.79 Å². The Morgan fingerprint density at radius 2 is 2.16 bits per heavy atom. The summed E-state index contributed by atoms with van der Waals surface area (Å²) in [6.07, 6.45) is 4.64. The van der Waals surface area contributed by atoms with Crippen LogP contribution in [-0.2, 0) is 6.42 Å². The minimum absolute atomic E-state index is 0.0221. The topological polar surface area (TPSA) is 62.1 Å². The van der Waals surface area contributed by atoms with Gasteiger partial charge in [-0.1, -0.05) is 0 Å². The van der Waals surface area contributed by atoms with Crippen LogP contribution in [0, 0.1) is 0 Å². The number of nitrogens with one attached hydrogen (secondary N) is 1. The summed E-state index contributed by atoms with van der Waals surface area (Å²) in [5.41, 5.74) is 2.94. The number of hydrogen-bond donors (Lipinski definition) is 1. The van der Waals surface area contributed by atoms with Crippen LogP contribution in [0.25, 0.3) is 0 Å². The fourth-order valence-electron chi connectivity index (χ4n) is 3.74. The fraction of sp³-hybridized carbons (Fsp3) is 0.368. The van der Waals surface area contributed by atoms with Crippen molar-refractivity contribution >= 4 is 5.78 Å². The predicted molar refractivity (Wildman–Crippen MR) is 90.5 cm³/mol. The number of quaternary nitrogens is 1. The molecule has 0 saturated heterocycles. The molecular weight excluding hydrogens is 320 g/mol. The lowest BCUT2D eigenvalue weighted by molar-refractivity contribution is -0.913. The molecule has 1 aromatic heterocycles. The minimum atomic E-state index is 0.0221. The Kier molecular flexibility index (Phi) is 4.05. The van der Waals surface area contributed by atoms with E-state index in [1.165, 1.54) is 10.5 Å². The Morgan fingerprint density at radius 1 is 1.36 bits per heavy atom. The number of carbonyl (C=O) groups is 1. The summed E-state index contributed by atoms with van der Waals surface area (Å²) in [4.78, 5) is 18.0. The highest BCUT2D eigenvalue weighted by molar-refractivity contribution is 5.96. The van der Waals surface area contributed by atoms with Crippen molar-refractivity contribution in [2.24, 2.45) is 0 Å². The number of pyridine rings is 1. The summed E-state index contributed by atoms with van der Waals surface area (Å²) in [5.74, 6) is 2.20. The average Bonchev–Trinajstić information content (AvgIpc) is 3.11. The molecule has 0 bridgehead atoms. The average molecular weight is 341 g/mol. The van der Waals surface area contributed by atoms with Crippen molar-refractivity contribution in [1.82, 2.24) is 4.98 Å². The number of Topliss-reactive ketones (excluding diaryl/α,β-unsaturated/α-hetero) is 1. The minimum Gasteiger partial charge on any atom is -0.492 e. The summed E-state index contributed by atoms with van der Waals surface area (Å²) in [6.45, 7) is 1.17. The molecule has 0 fully saturated rings. The van der Waals surface area contributed by atoms with Gasteiger partial charge in [-0.3, -0.25) is 9.78 Å². The van der Waals surface area contributed by atoms with Crippen LogP contribution in [0.15, 0.2) is 30.6 Å². The largest absolute Gasteiger partial charge is 0.492 e. The monoisotopic (exact) mass is 341 g/mol. The third-order valence-electron chi connectivity index (χ3n) is 5.07. The van der Waals surface area contributed by atoms with Crippen molar-refractivity contribution in [2.75, 3.05) is 27.5 Å².